The van der Waals surface area contributed by atoms with E-state index >= 15 is 0 Å². The van der Waals surface area contributed by atoms with Gasteiger partial charge in [0, 0.05) is 36.9 Å². The molecule has 1 saturated heterocycles. The van der Waals surface area contributed by atoms with Crippen molar-refractivity contribution in [2.24, 2.45) is 0 Å². The van der Waals surface area contributed by atoms with E-state index in [0.29, 0.717) is 5.69 Å². The molecule has 0 bridgehead atoms. The van der Waals surface area contributed by atoms with E-state index in [2.05, 4.69) is 49.2 Å². The fourth-order valence-corrected chi connectivity index (χ4v) is 4.45. The number of aryl methyl sites for hydroxylation is 1. The molecule has 0 atom stereocenters. The number of para-hydroxylation sites is 1. The van der Waals surface area contributed by atoms with Gasteiger partial charge in [-0.2, -0.15) is 5.10 Å². The molecule has 154 valence electrons. The van der Waals surface area contributed by atoms with Crippen molar-refractivity contribution in [3.8, 4) is 5.69 Å². The van der Waals surface area contributed by atoms with Crippen molar-refractivity contribution >= 4 is 5.91 Å². The van der Waals surface area contributed by atoms with E-state index < -0.39 is 0 Å². The fourth-order valence-electron chi connectivity index (χ4n) is 4.45. The van der Waals surface area contributed by atoms with Crippen LogP contribution < -0.4 is 5.32 Å². The third-order valence-electron chi connectivity index (χ3n) is 6.17. The quantitative estimate of drug-likeness (QED) is 0.787. The van der Waals surface area contributed by atoms with Gasteiger partial charge in [0.1, 0.15) is 0 Å². The van der Waals surface area contributed by atoms with Crippen molar-refractivity contribution in [1.82, 2.24) is 20.0 Å². The second-order valence-electron chi connectivity index (χ2n) is 8.66. The molecular formula is C24H32N4O. The van der Waals surface area contributed by atoms with Crippen LogP contribution in [0.25, 0.3) is 5.69 Å². The van der Waals surface area contributed by atoms with Crippen LogP contribution in [-0.2, 0) is 12.8 Å². The van der Waals surface area contributed by atoms with E-state index in [1.165, 1.54) is 16.8 Å². The number of benzene rings is 1. The highest BCUT2D eigenvalue weighted by molar-refractivity contribution is 5.94. The van der Waals surface area contributed by atoms with Crippen molar-refractivity contribution in [3.05, 3.63) is 58.4 Å². The molecule has 29 heavy (non-hydrogen) atoms. The molecule has 0 spiro atoms. The van der Waals surface area contributed by atoms with E-state index in [4.69, 9.17) is 5.10 Å². The molecule has 2 heterocycles. The molecule has 1 aliphatic heterocycles. The predicted molar refractivity (Wildman–Crippen MR) is 117 cm³/mol. The van der Waals surface area contributed by atoms with Crippen LogP contribution >= 0.6 is 0 Å². The number of carbonyl (C=O) groups is 1. The molecule has 5 heteroatoms. The smallest absolute Gasteiger partial charge is 0.272 e. The minimum absolute atomic E-state index is 0.00164. The largest absolute Gasteiger partial charge is 0.348 e. The van der Waals surface area contributed by atoms with Gasteiger partial charge < -0.3 is 5.32 Å². The van der Waals surface area contributed by atoms with Crippen molar-refractivity contribution in [2.45, 2.75) is 58.9 Å². The van der Waals surface area contributed by atoms with Gasteiger partial charge >= 0.3 is 0 Å². The number of nitrogens with one attached hydrogen (secondary N) is 1. The normalized spacial score (nSPS) is 17.2. The molecule has 1 N–H and O–H groups in total. The van der Waals surface area contributed by atoms with Gasteiger partial charge in [-0.1, -0.05) is 29.8 Å². The van der Waals surface area contributed by atoms with Gasteiger partial charge in [-0.15, -0.1) is 0 Å². The van der Waals surface area contributed by atoms with E-state index in [9.17, 15) is 4.79 Å². The zero-order chi connectivity index (χ0) is 20.4. The Labute approximate surface area is 173 Å². The van der Waals surface area contributed by atoms with Gasteiger partial charge in [-0.25, -0.2) is 4.68 Å². The number of amides is 1. The number of nitrogens with zero attached hydrogens (tertiary/aromatic N) is 3. The molecule has 4 rings (SSSR count). The Morgan fingerprint density at radius 3 is 2.69 bits per heavy atom. The number of likely N-dealkylation sites (tertiary alicyclic amines) is 1. The van der Waals surface area contributed by atoms with Crippen LogP contribution in [0.15, 0.2) is 35.9 Å². The van der Waals surface area contributed by atoms with E-state index in [1.54, 1.807) is 0 Å². The van der Waals surface area contributed by atoms with Gasteiger partial charge in [0.2, 0.25) is 0 Å². The summed E-state index contributed by atoms with van der Waals surface area (Å²) in [6.07, 6.45) is 7.33. The van der Waals surface area contributed by atoms with Gasteiger partial charge in [-0.05, 0) is 64.5 Å². The van der Waals surface area contributed by atoms with Gasteiger partial charge in [-0.3, -0.25) is 9.69 Å². The molecule has 1 aromatic heterocycles. The molecule has 1 amide bonds. The lowest BCUT2D eigenvalue weighted by molar-refractivity contribution is 0.0907. The highest BCUT2D eigenvalue weighted by atomic mass is 16.2. The summed E-state index contributed by atoms with van der Waals surface area (Å²) in [7, 11) is 0. The Morgan fingerprint density at radius 2 is 1.97 bits per heavy atom. The summed E-state index contributed by atoms with van der Waals surface area (Å²) < 4.78 is 2.01. The highest BCUT2D eigenvalue weighted by Crippen LogP contribution is 2.29. The molecule has 0 radical (unpaired) electrons. The summed E-state index contributed by atoms with van der Waals surface area (Å²) in [6, 6.07) is 8.51. The van der Waals surface area contributed by atoms with Crippen LogP contribution in [0.2, 0.25) is 0 Å². The number of allylic oxidation sites excluding steroid dienone is 1. The molecule has 1 aliphatic carbocycles. The maximum Gasteiger partial charge on any atom is 0.272 e. The molecule has 1 aromatic carbocycles. The Balaban J connectivity index is 1.46. The third kappa shape index (κ3) is 4.30. The zero-order valence-electron chi connectivity index (χ0n) is 17.9. The number of aromatic nitrogens is 2. The van der Waals surface area contributed by atoms with Crippen LogP contribution in [0.3, 0.4) is 0 Å². The fraction of sp³-hybridized carbons (Fsp3) is 0.500. The Hall–Kier alpha value is -2.40. The maximum absolute atomic E-state index is 13.1. The molecule has 5 nitrogen and oxygen atoms in total. The van der Waals surface area contributed by atoms with Crippen LogP contribution in [0.1, 0.15) is 60.4 Å². The Morgan fingerprint density at radius 1 is 1.21 bits per heavy atom. The third-order valence-corrected chi connectivity index (χ3v) is 6.17. The number of hydrogen-bond donors (Lipinski definition) is 1. The van der Waals surface area contributed by atoms with Crippen LogP contribution in [-0.4, -0.2) is 46.3 Å². The lowest BCUT2D eigenvalue weighted by atomic mass is 10.0. The lowest BCUT2D eigenvalue weighted by Crippen LogP contribution is -2.44. The summed E-state index contributed by atoms with van der Waals surface area (Å²) in [5, 5.41) is 8.05. The topological polar surface area (TPSA) is 50.2 Å². The zero-order valence-corrected chi connectivity index (χ0v) is 17.9. The summed E-state index contributed by atoms with van der Waals surface area (Å²) in [4.78, 5) is 15.5. The second kappa shape index (κ2) is 8.54. The number of hydrogen-bond acceptors (Lipinski definition) is 3. The monoisotopic (exact) mass is 392 g/mol. The van der Waals surface area contributed by atoms with Crippen LogP contribution in [0, 0.1) is 6.92 Å². The van der Waals surface area contributed by atoms with Crippen molar-refractivity contribution in [1.29, 1.82) is 0 Å². The van der Waals surface area contributed by atoms with E-state index in [0.717, 1.165) is 63.0 Å². The lowest BCUT2D eigenvalue weighted by Gasteiger charge is -2.31. The standard InChI is InChI=1S/C24H32N4O/c1-17(2)11-14-27-15-12-19(13-16-27)25-24(29)23-20-8-6-10-22(20)28(26-23)21-9-5-4-7-18(21)3/h4-5,7,9,11,19H,6,8,10,12-16H2,1-3H3,(H,25,29). The molecule has 2 aromatic rings. The first-order valence-corrected chi connectivity index (χ1v) is 10.9. The molecule has 1 fully saturated rings. The summed E-state index contributed by atoms with van der Waals surface area (Å²) in [6.45, 7) is 9.45. The minimum Gasteiger partial charge on any atom is -0.348 e. The number of fused-ring (bicyclic) bond motifs is 1. The maximum atomic E-state index is 13.1. The van der Waals surface area contributed by atoms with Crippen LogP contribution in [0.5, 0.6) is 0 Å². The van der Waals surface area contributed by atoms with Crippen molar-refractivity contribution in [2.75, 3.05) is 19.6 Å². The van der Waals surface area contributed by atoms with Gasteiger partial charge in [0.05, 0.1) is 5.69 Å². The minimum atomic E-state index is -0.00164. The number of piperidine rings is 1. The summed E-state index contributed by atoms with van der Waals surface area (Å²) in [5.41, 5.74) is 6.61. The number of rotatable bonds is 5. The summed E-state index contributed by atoms with van der Waals surface area (Å²) >= 11 is 0. The average molecular weight is 393 g/mol. The molecule has 2 aliphatic rings. The SMILES string of the molecule is CC(C)=CCN1CCC(NC(=O)c2nn(-c3ccccc3C)c3c2CCC3)CC1. The van der Waals surface area contributed by atoms with E-state index in [1.807, 2.05) is 16.8 Å². The molecular weight excluding hydrogens is 360 g/mol. The first-order chi connectivity index (χ1) is 14.0. The Bertz CT molecular complexity index is 915. The molecule has 0 unspecified atom stereocenters. The first kappa shape index (κ1) is 19.9. The van der Waals surface area contributed by atoms with Gasteiger partial charge in [0.15, 0.2) is 5.69 Å². The number of carbonyl (C=O) groups excluding carboxylic acids is 1. The highest BCUT2D eigenvalue weighted by Gasteiger charge is 2.29. The molecule has 0 saturated carbocycles. The first-order valence-electron chi connectivity index (χ1n) is 10.9. The summed E-state index contributed by atoms with van der Waals surface area (Å²) in [5.74, 6) is -0.00164. The van der Waals surface area contributed by atoms with Crippen molar-refractivity contribution < 1.29 is 4.79 Å². The Kier molecular flexibility index (Phi) is 5.86. The van der Waals surface area contributed by atoms with Crippen LogP contribution in [0.4, 0.5) is 0 Å². The van der Waals surface area contributed by atoms with Gasteiger partial charge in [0.25, 0.3) is 5.91 Å². The predicted octanol–water partition coefficient (Wildman–Crippen LogP) is 3.83. The van der Waals surface area contributed by atoms with E-state index in [-0.39, 0.29) is 11.9 Å². The van der Waals surface area contributed by atoms with Crippen molar-refractivity contribution in [3.63, 3.8) is 0 Å². The second-order valence-corrected chi connectivity index (χ2v) is 8.66. The average Bonchev–Trinajstić information content (AvgIpc) is 3.31.